The van der Waals surface area contributed by atoms with Gasteiger partial charge >= 0.3 is 11.9 Å². The molecule has 5 aromatic rings. The number of aliphatic carboxylic acids is 2. The van der Waals surface area contributed by atoms with E-state index in [9.17, 15) is 83.1 Å². The first-order valence-electron chi connectivity index (χ1n) is 43.4. The minimum absolute atomic E-state index is 0.0565. The fraction of sp³-hybridized carbons (Fsp3) is 0.529. The van der Waals surface area contributed by atoms with Crippen LogP contribution in [0.3, 0.4) is 0 Å². The summed E-state index contributed by atoms with van der Waals surface area (Å²) < 4.78 is 0. The molecule has 0 unspecified atom stereocenters. The van der Waals surface area contributed by atoms with Crippen LogP contribution in [0.1, 0.15) is 134 Å². The summed E-state index contributed by atoms with van der Waals surface area (Å²) in [6.07, 6.45) is -2.60. The molecule has 131 heavy (non-hydrogen) atoms. The van der Waals surface area contributed by atoms with Crippen molar-refractivity contribution < 1.29 is 117 Å². The number of benzene rings is 3. The summed E-state index contributed by atoms with van der Waals surface area (Å²) >= 11 is 0.685. The summed E-state index contributed by atoms with van der Waals surface area (Å²) in [6, 6.07) is -2.34. The zero-order chi connectivity index (χ0) is 96.2. The number of thioether (sulfide) groups is 1. The van der Waals surface area contributed by atoms with Gasteiger partial charge in [0.25, 0.3) is 0 Å². The normalized spacial score (nSPS) is 25.2. The summed E-state index contributed by atoms with van der Waals surface area (Å²) in [5.41, 5.74) is 19.6. The molecule has 5 heterocycles. The number of aliphatic hydroxyl groups excluding tert-OH is 2. The molecule has 0 saturated carbocycles. The summed E-state index contributed by atoms with van der Waals surface area (Å²) in [4.78, 5) is 283. The Kier molecular flexibility index (Phi) is 38.7. The number of nitrogens with one attached hydrogen (secondary N) is 11. The number of carbonyl (C=O) groups is 19. The van der Waals surface area contributed by atoms with Gasteiger partial charge in [0.05, 0.1) is 37.5 Å². The number of hydrogen-bond donors (Lipinski definition) is 19. The molecule has 0 bridgehead atoms. The van der Waals surface area contributed by atoms with Crippen LogP contribution in [0.15, 0.2) is 85.2 Å². The minimum atomic E-state index is -1.94. The fourth-order valence-electron chi connectivity index (χ4n) is 16.0. The van der Waals surface area contributed by atoms with Crippen molar-refractivity contribution in [3.63, 3.8) is 0 Å². The van der Waals surface area contributed by atoms with Crippen LogP contribution in [0.2, 0.25) is 0 Å². The number of primary amides is 2. The molecule has 3 aliphatic rings. The van der Waals surface area contributed by atoms with Gasteiger partial charge in [0, 0.05) is 125 Å². The average Bonchev–Trinajstić information content (AvgIpc) is 1.80. The Bertz CT molecular complexity index is 4990. The Balaban J connectivity index is 1.19. The second kappa shape index (κ2) is 49.1. The molecule has 8 rings (SSSR count). The van der Waals surface area contributed by atoms with Crippen LogP contribution in [-0.2, 0) is 110 Å². The van der Waals surface area contributed by atoms with Crippen molar-refractivity contribution >= 4 is 146 Å². The first-order chi connectivity index (χ1) is 62.3. The van der Waals surface area contributed by atoms with Gasteiger partial charge in [0.1, 0.15) is 78.3 Å². The molecular weight excluding hydrogens is 1730 g/mol. The first kappa shape index (κ1) is 103. The fourth-order valence-corrected chi connectivity index (χ4v) is 16.9. The van der Waals surface area contributed by atoms with Gasteiger partial charge in [-0.3, -0.25) is 91.1 Å². The summed E-state index contributed by atoms with van der Waals surface area (Å²) in [5, 5.41) is 76.5. The number of unbranched alkanes of at least 4 members (excludes halogenated alkanes) is 2. The number of fused-ring (bicyclic) bond motifs is 4. The first-order valence-corrected chi connectivity index (χ1v) is 44.5. The molecule has 712 valence electrons. The number of H-pyrrole nitrogens is 2. The topological polar surface area (TPSA) is 660 Å². The van der Waals surface area contributed by atoms with E-state index < -0.39 is 285 Å². The molecule has 3 aliphatic heterocycles. The van der Waals surface area contributed by atoms with Crippen molar-refractivity contribution in [2.45, 2.75) is 221 Å². The highest BCUT2D eigenvalue weighted by atomic mass is 32.2. The largest absolute Gasteiger partial charge is 0.508 e. The second-order valence-corrected chi connectivity index (χ2v) is 34.0. The number of likely N-dealkylation sites (N-methyl/N-ethyl adjacent to an activating group) is 3. The highest BCUT2D eigenvalue weighted by molar-refractivity contribution is 8.00. The van der Waals surface area contributed by atoms with Crippen molar-refractivity contribution in [1.82, 2.24) is 82.3 Å². The molecule has 44 heteroatoms. The lowest BCUT2D eigenvalue weighted by Gasteiger charge is -2.36. The van der Waals surface area contributed by atoms with E-state index in [-0.39, 0.29) is 70.1 Å². The van der Waals surface area contributed by atoms with E-state index in [1.807, 2.05) is 6.92 Å². The number of aliphatic hydroxyl groups is 2. The van der Waals surface area contributed by atoms with Crippen LogP contribution in [-0.4, -0.2) is 322 Å². The third-order valence-electron chi connectivity index (χ3n) is 23.5. The molecule has 0 aliphatic carbocycles. The maximum absolute atomic E-state index is 15.7. The number of Topliss-reactive ketones (excluding diaryl/α,β-unsaturated/α-hetero) is 1. The molecule has 22 N–H and O–H groups in total. The number of rotatable bonds is 25. The minimum Gasteiger partial charge on any atom is -0.508 e. The van der Waals surface area contributed by atoms with Crippen LogP contribution in [0.4, 0.5) is 0 Å². The lowest BCUT2D eigenvalue weighted by atomic mass is 9.90. The Labute approximate surface area is 758 Å². The molecule has 0 spiro atoms. The average molecular weight is 1850 g/mol. The van der Waals surface area contributed by atoms with E-state index in [4.69, 9.17) is 17.2 Å². The van der Waals surface area contributed by atoms with Crippen molar-refractivity contribution in [2.24, 2.45) is 23.1 Å². The molecule has 3 aromatic carbocycles. The summed E-state index contributed by atoms with van der Waals surface area (Å²) in [5.74, 6) is -23.1. The number of carboxylic acid groups (broad SMARTS) is 2. The lowest BCUT2D eigenvalue weighted by molar-refractivity contribution is -0.149. The molecule has 3 fully saturated rings. The van der Waals surface area contributed by atoms with E-state index in [0.29, 0.717) is 63.1 Å². The van der Waals surface area contributed by atoms with Crippen molar-refractivity contribution in [3.8, 4) is 5.75 Å². The Morgan fingerprint density at radius 1 is 0.534 bits per heavy atom. The van der Waals surface area contributed by atoms with E-state index in [2.05, 4.69) is 57.8 Å². The van der Waals surface area contributed by atoms with Crippen molar-refractivity contribution in [3.05, 3.63) is 102 Å². The maximum atomic E-state index is 15.7. The van der Waals surface area contributed by atoms with Gasteiger partial charge in [-0.25, -0.2) is 0 Å². The molecule has 3 saturated heterocycles. The molecule has 2 aromatic heterocycles. The number of para-hydroxylation sites is 2. The van der Waals surface area contributed by atoms with E-state index in [0.717, 1.165) is 31.5 Å². The molecular formula is C87H119N19O24S. The Morgan fingerprint density at radius 2 is 1.08 bits per heavy atom. The highest BCUT2D eigenvalue weighted by Gasteiger charge is 2.47. The van der Waals surface area contributed by atoms with Gasteiger partial charge in [0.15, 0.2) is 5.78 Å². The molecule has 0 radical (unpaired) electrons. The van der Waals surface area contributed by atoms with Crippen LogP contribution in [0.25, 0.3) is 21.8 Å². The molecule has 15 atom stereocenters. The number of carbonyl (C=O) groups excluding carboxylic acids is 17. The summed E-state index contributed by atoms with van der Waals surface area (Å²) in [7, 11) is 3.72. The number of phenolic OH excluding ortho intramolecular Hbond substituents is 1. The zero-order valence-corrected chi connectivity index (χ0v) is 74.6. The van der Waals surface area contributed by atoms with Crippen molar-refractivity contribution in [2.75, 3.05) is 65.4 Å². The van der Waals surface area contributed by atoms with Gasteiger partial charge < -0.3 is 125 Å². The quantitative estimate of drug-likeness (QED) is 0.0270. The third kappa shape index (κ3) is 28.7. The lowest BCUT2D eigenvalue weighted by Crippen LogP contribution is -2.61. The van der Waals surface area contributed by atoms with Crippen LogP contribution in [0, 0.1) is 5.92 Å². The number of aromatic nitrogens is 2. The Morgan fingerprint density at radius 3 is 1.68 bits per heavy atom. The van der Waals surface area contributed by atoms with Gasteiger partial charge in [-0.1, -0.05) is 88.1 Å². The monoisotopic (exact) mass is 1850 g/mol. The second-order valence-electron chi connectivity index (χ2n) is 33.0. The van der Waals surface area contributed by atoms with Crippen LogP contribution < -0.4 is 65.1 Å². The number of ketones is 1. The number of hydrogen-bond acceptors (Lipinski definition) is 24. The third-order valence-corrected chi connectivity index (χ3v) is 24.5. The number of amides is 16. The summed E-state index contributed by atoms with van der Waals surface area (Å²) in [6.45, 7) is 1.44. The smallest absolute Gasteiger partial charge is 0.305 e. The van der Waals surface area contributed by atoms with Crippen molar-refractivity contribution in [1.29, 1.82) is 0 Å². The van der Waals surface area contributed by atoms with E-state index >= 15 is 33.6 Å². The molecule has 43 nitrogen and oxygen atoms in total. The number of aromatic hydroxyl groups is 1. The van der Waals surface area contributed by atoms with E-state index in [1.54, 1.807) is 67.8 Å². The molecule has 16 amide bonds. The van der Waals surface area contributed by atoms with E-state index in [1.165, 1.54) is 45.3 Å². The van der Waals surface area contributed by atoms with Gasteiger partial charge in [-0.2, -0.15) is 0 Å². The predicted octanol–water partition coefficient (Wildman–Crippen LogP) is -3.43. The number of nitrogens with zero attached hydrogens (tertiary/aromatic N) is 5. The predicted molar refractivity (Wildman–Crippen MR) is 473 cm³/mol. The van der Waals surface area contributed by atoms with Crippen LogP contribution >= 0.6 is 11.8 Å². The standard InChI is InChI=1S/C87H119N19O24S/c1-7-9-20-65-81(124)95-57(28-30-73(114)115)78(121)101-64(77(120)93-41-71(90)112)44-131-45-72(113)94-59(32-47-23-25-51(108)26-24-47)83(126)102(4)46(3)75(118)97-61(37-74(116)117)86(129)105-31-15-22-66(105)82(125)99-62(38-88)79(122)96-58(27-29-70(89)111)85(128)106-42-52(109)36-68(106)69(110)35-48(33-49-39-91-55-18-13-11-16-53(49)55)76(119)100-63(43-107)80(123)98-60(34-50-40-92-56-19-14-12-17-54(50)56)84(127)104(6)67(21-10-8-2)87(130)103(65)5/h11-14,16-19,23-26,39-40,46,48,52,57-68,91-92,107-109H,7-10,15,20-22,27-38,41-45,88H2,1-6H3,(H2,89,111)(H2,90,112)(H,93,120)(H,94,113)(H,95,124)(H,96,122)(H,97,118)(H,98,123)(H,99,125)(H,100,119)(H,101,121)(H,114,115)(H,116,117)/t46-,48+,52+,57-,58-,59-,60-,61-,62-,63-,64-,65-,66-,67-,68-/m0/s1. The maximum Gasteiger partial charge on any atom is 0.305 e. The SMILES string of the molecule is CCCC[C@H]1C(=O)N(C)[C@@H](CCCC)C(=O)N[C@@H](CCC(=O)O)C(=O)N[C@H](C(=O)NCC(N)=O)CSCC(=O)N[C@@H](Cc2ccc(O)cc2)C(=O)N(C)[C@@H](C)C(=O)N[C@@H](CC(=O)O)C(=O)N2CCC[C@H]2C(=O)N[C@@H](CN)C(=O)N[C@@H](CCC(N)=O)C(=O)N2C[C@H](O)C[C@H]2C(=O)C[C@@H](Cc2c[nH]c3ccccc23)C(=O)N[C@@H](CO)C(=O)N[C@@H](Cc2c[nH]c3ccccc23)C(=O)N1C. The van der Waals surface area contributed by atoms with Crippen LogP contribution in [0.5, 0.6) is 5.75 Å². The number of phenols is 1. The highest BCUT2D eigenvalue weighted by Crippen LogP contribution is 2.30. The van der Waals surface area contributed by atoms with Gasteiger partial charge in [-0.15, -0.1) is 11.8 Å². The number of aromatic amines is 2. The van der Waals surface area contributed by atoms with Gasteiger partial charge in [0.2, 0.25) is 94.5 Å². The number of carboxylic acids is 2. The number of nitrogens with two attached hydrogens (primary N) is 3. The Hall–Kier alpha value is -13.1. The zero-order valence-electron chi connectivity index (χ0n) is 73.8. The van der Waals surface area contributed by atoms with Gasteiger partial charge in [-0.05, 0) is 92.8 Å².